The number of nitrogens with one attached hydrogen (secondary N) is 1. The van der Waals surface area contributed by atoms with Crippen molar-refractivity contribution in [2.45, 2.75) is 19.4 Å². The Morgan fingerprint density at radius 1 is 1.69 bits per heavy atom. The van der Waals surface area contributed by atoms with Gasteiger partial charge in [0.2, 0.25) is 0 Å². The van der Waals surface area contributed by atoms with Crippen molar-refractivity contribution < 1.29 is 4.39 Å². The lowest BCUT2D eigenvalue weighted by molar-refractivity contribution is 0.325. The summed E-state index contributed by atoms with van der Waals surface area (Å²) in [6.45, 7) is 2.97. The maximum Gasteiger partial charge on any atom is 0.161 e. The summed E-state index contributed by atoms with van der Waals surface area (Å²) in [5, 5.41) is 7.25. The topological polar surface area (TPSA) is 29.9 Å². The van der Waals surface area contributed by atoms with Crippen LogP contribution in [0.25, 0.3) is 0 Å². The van der Waals surface area contributed by atoms with Crippen molar-refractivity contribution in [3.05, 3.63) is 18.2 Å². The standard InChI is InChI=1S/C9H14FN3/c10-9-5-12-13(7-9)6-8-2-1-3-11-4-8/h5,7-8,11H,1-4,6H2/t8-/m1/s1. The summed E-state index contributed by atoms with van der Waals surface area (Å²) in [4.78, 5) is 0. The van der Waals surface area contributed by atoms with Crippen LogP contribution in [0.3, 0.4) is 0 Å². The molecule has 0 saturated carbocycles. The number of piperidine rings is 1. The zero-order valence-corrected chi connectivity index (χ0v) is 7.54. The van der Waals surface area contributed by atoms with E-state index in [0.29, 0.717) is 5.92 Å². The minimum absolute atomic E-state index is 0.247. The Morgan fingerprint density at radius 3 is 3.23 bits per heavy atom. The first-order chi connectivity index (χ1) is 6.34. The molecule has 0 aliphatic carbocycles. The van der Waals surface area contributed by atoms with E-state index < -0.39 is 0 Å². The van der Waals surface area contributed by atoms with Gasteiger partial charge in [0.05, 0.1) is 12.4 Å². The molecule has 1 saturated heterocycles. The quantitative estimate of drug-likeness (QED) is 0.742. The van der Waals surface area contributed by atoms with Gasteiger partial charge in [-0.1, -0.05) is 0 Å². The van der Waals surface area contributed by atoms with Gasteiger partial charge in [-0.15, -0.1) is 0 Å². The van der Waals surface area contributed by atoms with Crippen LogP contribution >= 0.6 is 0 Å². The molecule has 1 aliphatic rings. The molecule has 0 spiro atoms. The van der Waals surface area contributed by atoms with Crippen LogP contribution in [0.15, 0.2) is 12.4 Å². The van der Waals surface area contributed by atoms with Gasteiger partial charge in [0.25, 0.3) is 0 Å². The number of halogens is 1. The van der Waals surface area contributed by atoms with E-state index in [1.54, 1.807) is 4.68 Å². The molecule has 2 heterocycles. The van der Waals surface area contributed by atoms with Gasteiger partial charge in [-0.3, -0.25) is 4.68 Å². The minimum Gasteiger partial charge on any atom is -0.316 e. The van der Waals surface area contributed by atoms with E-state index in [-0.39, 0.29) is 5.82 Å². The molecule has 0 amide bonds. The molecule has 13 heavy (non-hydrogen) atoms. The molecule has 1 fully saturated rings. The minimum atomic E-state index is -0.247. The first kappa shape index (κ1) is 8.69. The average Bonchev–Trinajstić information content (AvgIpc) is 2.53. The van der Waals surface area contributed by atoms with E-state index in [1.807, 2.05) is 0 Å². The second-order valence-electron chi connectivity index (χ2n) is 3.59. The molecule has 0 radical (unpaired) electrons. The third-order valence-electron chi connectivity index (χ3n) is 2.45. The number of hydrogen-bond donors (Lipinski definition) is 1. The van der Waals surface area contributed by atoms with Gasteiger partial charge in [-0.25, -0.2) is 4.39 Å². The highest BCUT2D eigenvalue weighted by molar-refractivity contribution is 4.84. The van der Waals surface area contributed by atoms with Crippen LogP contribution in [0.4, 0.5) is 4.39 Å². The predicted octanol–water partition coefficient (Wildman–Crippen LogP) is 1.02. The van der Waals surface area contributed by atoms with Crippen molar-refractivity contribution in [1.29, 1.82) is 0 Å². The molecule has 0 unspecified atom stereocenters. The molecule has 1 atom stereocenters. The fourth-order valence-electron chi connectivity index (χ4n) is 1.78. The van der Waals surface area contributed by atoms with E-state index in [0.717, 1.165) is 19.6 Å². The van der Waals surface area contributed by atoms with E-state index in [9.17, 15) is 4.39 Å². The number of nitrogens with zero attached hydrogens (tertiary/aromatic N) is 2. The lowest BCUT2D eigenvalue weighted by Gasteiger charge is -2.22. The van der Waals surface area contributed by atoms with Crippen molar-refractivity contribution >= 4 is 0 Å². The Balaban J connectivity index is 1.89. The SMILES string of the molecule is Fc1cnn(C[C@@H]2CCCNC2)c1. The van der Waals surface area contributed by atoms with E-state index >= 15 is 0 Å². The maximum absolute atomic E-state index is 12.6. The molecule has 72 valence electrons. The summed E-state index contributed by atoms with van der Waals surface area (Å²) in [5.74, 6) is 0.358. The molecule has 3 nitrogen and oxygen atoms in total. The molecule has 1 N–H and O–H groups in total. The van der Waals surface area contributed by atoms with Crippen molar-refractivity contribution in [2.75, 3.05) is 13.1 Å². The molecule has 0 bridgehead atoms. The number of rotatable bonds is 2. The Hall–Kier alpha value is -0.900. The molecular weight excluding hydrogens is 169 g/mol. The molecule has 1 aromatic heterocycles. The van der Waals surface area contributed by atoms with Gasteiger partial charge in [0.1, 0.15) is 0 Å². The first-order valence-corrected chi connectivity index (χ1v) is 4.73. The zero-order chi connectivity index (χ0) is 9.10. The summed E-state index contributed by atoms with van der Waals surface area (Å²) in [5.41, 5.74) is 0. The summed E-state index contributed by atoms with van der Waals surface area (Å²) < 4.78 is 14.3. The monoisotopic (exact) mass is 183 g/mol. The third kappa shape index (κ3) is 2.28. The molecule has 1 aliphatic heterocycles. The van der Waals surface area contributed by atoms with Crippen LogP contribution in [0.5, 0.6) is 0 Å². The smallest absolute Gasteiger partial charge is 0.161 e. The lowest BCUT2D eigenvalue weighted by atomic mass is 10.00. The van der Waals surface area contributed by atoms with Crippen molar-refractivity contribution in [3.8, 4) is 0 Å². The number of aromatic nitrogens is 2. The molecular formula is C9H14FN3. The second-order valence-corrected chi connectivity index (χ2v) is 3.59. The second kappa shape index (κ2) is 3.87. The fraction of sp³-hybridized carbons (Fsp3) is 0.667. The van der Waals surface area contributed by atoms with Crippen LogP contribution < -0.4 is 5.32 Å². The van der Waals surface area contributed by atoms with Gasteiger partial charge in [-0.05, 0) is 31.8 Å². The zero-order valence-electron chi connectivity index (χ0n) is 7.54. The Kier molecular flexibility index (Phi) is 2.59. The van der Waals surface area contributed by atoms with Crippen molar-refractivity contribution in [3.63, 3.8) is 0 Å². The molecule has 4 heteroatoms. The average molecular weight is 183 g/mol. The van der Waals surface area contributed by atoms with E-state index in [2.05, 4.69) is 10.4 Å². The molecule has 2 rings (SSSR count). The number of hydrogen-bond acceptors (Lipinski definition) is 2. The summed E-state index contributed by atoms with van der Waals surface area (Å²) in [7, 11) is 0. The van der Waals surface area contributed by atoms with Crippen LogP contribution in [-0.4, -0.2) is 22.9 Å². The Morgan fingerprint density at radius 2 is 2.62 bits per heavy atom. The van der Waals surface area contributed by atoms with E-state index in [4.69, 9.17) is 0 Å². The van der Waals surface area contributed by atoms with Crippen molar-refractivity contribution in [2.24, 2.45) is 5.92 Å². The van der Waals surface area contributed by atoms with Crippen LogP contribution in [0.1, 0.15) is 12.8 Å². The van der Waals surface area contributed by atoms with Crippen LogP contribution in [-0.2, 0) is 6.54 Å². The van der Waals surface area contributed by atoms with E-state index in [1.165, 1.54) is 25.2 Å². The third-order valence-corrected chi connectivity index (χ3v) is 2.45. The van der Waals surface area contributed by atoms with Gasteiger partial charge in [-0.2, -0.15) is 5.10 Å². The maximum atomic E-state index is 12.6. The normalized spacial score (nSPS) is 23.3. The predicted molar refractivity (Wildman–Crippen MR) is 47.8 cm³/mol. The van der Waals surface area contributed by atoms with Crippen LogP contribution in [0.2, 0.25) is 0 Å². The summed E-state index contributed by atoms with van der Waals surface area (Å²) >= 11 is 0. The van der Waals surface area contributed by atoms with Gasteiger partial charge >= 0.3 is 0 Å². The largest absolute Gasteiger partial charge is 0.316 e. The lowest BCUT2D eigenvalue weighted by Crippen LogP contribution is -2.32. The highest BCUT2D eigenvalue weighted by Gasteiger charge is 2.13. The van der Waals surface area contributed by atoms with Gasteiger partial charge in [0, 0.05) is 6.54 Å². The highest BCUT2D eigenvalue weighted by atomic mass is 19.1. The summed E-state index contributed by atoms with van der Waals surface area (Å²) in [6.07, 6.45) is 5.15. The highest BCUT2D eigenvalue weighted by Crippen LogP contribution is 2.11. The summed E-state index contributed by atoms with van der Waals surface area (Å²) in [6, 6.07) is 0. The van der Waals surface area contributed by atoms with Crippen molar-refractivity contribution in [1.82, 2.24) is 15.1 Å². The molecule has 1 aromatic rings. The fourth-order valence-corrected chi connectivity index (χ4v) is 1.78. The first-order valence-electron chi connectivity index (χ1n) is 4.73. The Bertz CT molecular complexity index is 266. The van der Waals surface area contributed by atoms with Gasteiger partial charge in [0.15, 0.2) is 5.82 Å². The van der Waals surface area contributed by atoms with Gasteiger partial charge < -0.3 is 5.32 Å². The Labute approximate surface area is 76.9 Å². The van der Waals surface area contributed by atoms with Crippen LogP contribution in [0, 0.1) is 11.7 Å². The molecule has 0 aromatic carbocycles.